The van der Waals surface area contributed by atoms with Gasteiger partial charge in [0.1, 0.15) is 0 Å². The molecule has 100 valence electrons. The number of hydrogen-bond donors (Lipinski definition) is 1. The largest absolute Gasteiger partial charge is 0.313 e. The molecular weight excluding hydrogens is 288 g/mol. The topological polar surface area (TPSA) is 15.3 Å². The average molecular weight is 311 g/mol. The number of hydrogen-bond acceptors (Lipinski definition) is 2. The maximum Gasteiger partial charge on any atom is 0.0237 e. The zero-order chi connectivity index (χ0) is 13.0. The Hall–Kier alpha value is -0.380. The molecule has 0 bridgehead atoms. The van der Waals surface area contributed by atoms with Crippen molar-refractivity contribution in [2.24, 2.45) is 0 Å². The van der Waals surface area contributed by atoms with Crippen molar-refractivity contribution < 1.29 is 0 Å². The van der Waals surface area contributed by atoms with Crippen LogP contribution in [0.25, 0.3) is 0 Å². The molecule has 1 aliphatic rings. The minimum absolute atomic E-state index is 0.644. The van der Waals surface area contributed by atoms with E-state index in [9.17, 15) is 0 Å². The van der Waals surface area contributed by atoms with E-state index in [1.165, 1.54) is 18.4 Å². The fraction of sp³-hybridized carbons (Fsp3) is 0.600. The van der Waals surface area contributed by atoms with Gasteiger partial charge in [-0.1, -0.05) is 35.0 Å². The summed E-state index contributed by atoms with van der Waals surface area (Å²) < 4.78 is 1.16. The monoisotopic (exact) mass is 310 g/mol. The lowest BCUT2D eigenvalue weighted by Gasteiger charge is -2.28. The summed E-state index contributed by atoms with van der Waals surface area (Å²) in [5, 5.41) is 3.64. The Morgan fingerprint density at radius 3 is 2.72 bits per heavy atom. The van der Waals surface area contributed by atoms with Gasteiger partial charge in [-0.25, -0.2) is 0 Å². The molecule has 0 saturated carbocycles. The van der Waals surface area contributed by atoms with E-state index in [1.54, 1.807) is 0 Å². The molecule has 18 heavy (non-hydrogen) atoms. The molecule has 1 aromatic rings. The first-order valence-corrected chi connectivity index (χ1v) is 7.70. The van der Waals surface area contributed by atoms with Crippen LogP contribution >= 0.6 is 15.9 Å². The maximum atomic E-state index is 3.64. The molecule has 2 rings (SSSR count). The second kappa shape index (κ2) is 6.69. The Morgan fingerprint density at radius 2 is 2.06 bits per heavy atom. The van der Waals surface area contributed by atoms with Crippen LogP contribution in [0.4, 0.5) is 0 Å². The fourth-order valence-corrected chi connectivity index (χ4v) is 2.79. The molecule has 0 spiro atoms. The van der Waals surface area contributed by atoms with Gasteiger partial charge in [-0.15, -0.1) is 0 Å². The lowest BCUT2D eigenvalue weighted by Crippen LogP contribution is -2.39. The standard InChI is InChI=1S/C15H23BrN2/c1-3-15-11-18(12(2)8-9-17-15)10-13-4-6-14(16)7-5-13/h4-7,12,15,17H,3,8-11H2,1-2H3. The van der Waals surface area contributed by atoms with E-state index in [4.69, 9.17) is 0 Å². The summed E-state index contributed by atoms with van der Waals surface area (Å²) in [4.78, 5) is 2.61. The molecule has 1 aromatic carbocycles. The molecule has 1 heterocycles. The molecule has 2 nitrogen and oxygen atoms in total. The van der Waals surface area contributed by atoms with Gasteiger partial charge in [-0.3, -0.25) is 4.90 Å². The van der Waals surface area contributed by atoms with Crippen LogP contribution in [0.15, 0.2) is 28.7 Å². The van der Waals surface area contributed by atoms with Crippen LogP contribution in [-0.2, 0) is 6.54 Å². The van der Waals surface area contributed by atoms with E-state index in [0.29, 0.717) is 12.1 Å². The van der Waals surface area contributed by atoms with Crippen molar-refractivity contribution in [2.45, 2.75) is 45.3 Å². The van der Waals surface area contributed by atoms with Crippen LogP contribution in [0.1, 0.15) is 32.3 Å². The summed E-state index contributed by atoms with van der Waals surface area (Å²) in [6.45, 7) is 7.99. The van der Waals surface area contributed by atoms with E-state index >= 15 is 0 Å². The predicted octanol–water partition coefficient (Wildman–Crippen LogP) is 3.41. The van der Waals surface area contributed by atoms with Gasteiger partial charge in [0.25, 0.3) is 0 Å². The van der Waals surface area contributed by atoms with E-state index in [-0.39, 0.29) is 0 Å². The third kappa shape index (κ3) is 3.81. The molecule has 0 aliphatic carbocycles. The minimum atomic E-state index is 0.644. The van der Waals surface area contributed by atoms with E-state index in [2.05, 4.69) is 64.3 Å². The molecule has 0 radical (unpaired) electrons. The first-order valence-electron chi connectivity index (χ1n) is 6.91. The fourth-order valence-electron chi connectivity index (χ4n) is 2.52. The Morgan fingerprint density at radius 1 is 1.33 bits per heavy atom. The second-order valence-corrected chi connectivity index (χ2v) is 6.17. The van der Waals surface area contributed by atoms with Gasteiger partial charge in [0.2, 0.25) is 0 Å². The quantitative estimate of drug-likeness (QED) is 0.920. The molecule has 1 fully saturated rings. The summed E-state index contributed by atoms with van der Waals surface area (Å²) in [7, 11) is 0. The Bertz CT molecular complexity index is 363. The zero-order valence-corrected chi connectivity index (χ0v) is 12.9. The van der Waals surface area contributed by atoms with Crippen molar-refractivity contribution in [1.82, 2.24) is 10.2 Å². The van der Waals surface area contributed by atoms with Gasteiger partial charge in [0.05, 0.1) is 0 Å². The van der Waals surface area contributed by atoms with E-state index < -0.39 is 0 Å². The summed E-state index contributed by atoms with van der Waals surface area (Å²) in [6, 6.07) is 10.0. The summed E-state index contributed by atoms with van der Waals surface area (Å²) in [6.07, 6.45) is 2.45. The Kier molecular flexibility index (Phi) is 5.22. The smallest absolute Gasteiger partial charge is 0.0237 e. The minimum Gasteiger partial charge on any atom is -0.313 e. The highest BCUT2D eigenvalue weighted by atomic mass is 79.9. The van der Waals surface area contributed by atoms with Gasteiger partial charge in [0, 0.05) is 29.6 Å². The van der Waals surface area contributed by atoms with Gasteiger partial charge < -0.3 is 5.32 Å². The highest BCUT2D eigenvalue weighted by molar-refractivity contribution is 9.10. The van der Waals surface area contributed by atoms with Crippen LogP contribution in [0.5, 0.6) is 0 Å². The van der Waals surface area contributed by atoms with Crippen LogP contribution in [-0.4, -0.2) is 30.1 Å². The maximum absolute atomic E-state index is 3.64. The first kappa shape index (κ1) is 14.0. The van der Waals surface area contributed by atoms with Crippen LogP contribution in [0.2, 0.25) is 0 Å². The van der Waals surface area contributed by atoms with Crippen molar-refractivity contribution in [2.75, 3.05) is 13.1 Å². The van der Waals surface area contributed by atoms with Crippen molar-refractivity contribution in [1.29, 1.82) is 0 Å². The van der Waals surface area contributed by atoms with Gasteiger partial charge in [0.15, 0.2) is 0 Å². The van der Waals surface area contributed by atoms with Crippen molar-refractivity contribution in [3.63, 3.8) is 0 Å². The predicted molar refractivity (Wildman–Crippen MR) is 80.7 cm³/mol. The number of nitrogens with zero attached hydrogens (tertiary/aromatic N) is 1. The molecule has 0 aromatic heterocycles. The van der Waals surface area contributed by atoms with Gasteiger partial charge in [-0.05, 0) is 44.0 Å². The Balaban J connectivity index is 2.02. The molecule has 2 unspecified atom stereocenters. The molecule has 1 aliphatic heterocycles. The SMILES string of the molecule is CCC1CN(Cc2ccc(Br)cc2)C(C)CCN1. The molecule has 3 heteroatoms. The van der Waals surface area contributed by atoms with Crippen molar-refractivity contribution in [3.05, 3.63) is 34.3 Å². The average Bonchev–Trinajstić information content (AvgIpc) is 2.55. The number of rotatable bonds is 3. The molecule has 1 N–H and O–H groups in total. The summed E-state index contributed by atoms with van der Waals surface area (Å²) in [5.74, 6) is 0. The Labute approximate surface area is 119 Å². The lowest BCUT2D eigenvalue weighted by atomic mass is 10.1. The van der Waals surface area contributed by atoms with Crippen molar-refractivity contribution >= 4 is 15.9 Å². The van der Waals surface area contributed by atoms with Gasteiger partial charge in [-0.2, -0.15) is 0 Å². The molecule has 0 amide bonds. The molecule has 1 saturated heterocycles. The van der Waals surface area contributed by atoms with Crippen LogP contribution < -0.4 is 5.32 Å². The first-order chi connectivity index (χ1) is 8.69. The number of nitrogens with one attached hydrogen (secondary N) is 1. The van der Waals surface area contributed by atoms with E-state index in [1.807, 2.05) is 0 Å². The summed E-state index contributed by atoms with van der Waals surface area (Å²) in [5.41, 5.74) is 1.40. The van der Waals surface area contributed by atoms with Crippen LogP contribution in [0.3, 0.4) is 0 Å². The third-order valence-electron chi connectivity index (χ3n) is 3.87. The van der Waals surface area contributed by atoms with E-state index in [0.717, 1.165) is 24.1 Å². The van der Waals surface area contributed by atoms with Gasteiger partial charge >= 0.3 is 0 Å². The summed E-state index contributed by atoms with van der Waals surface area (Å²) >= 11 is 3.49. The zero-order valence-electron chi connectivity index (χ0n) is 11.3. The highest BCUT2D eigenvalue weighted by Crippen LogP contribution is 2.17. The highest BCUT2D eigenvalue weighted by Gasteiger charge is 2.21. The second-order valence-electron chi connectivity index (χ2n) is 5.25. The number of halogens is 1. The van der Waals surface area contributed by atoms with Crippen LogP contribution in [0, 0.1) is 0 Å². The van der Waals surface area contributed by atoms with Crippen molar-refractivity contribution in [3.8, 4) is 0 Å². The third-order valence-corrected chi connectivity index (χ3v) is 4.39. The molecular formula is C15H23BrN2. The molecule has 2 atom stereocenters. The normalized spacial score (nSPS) is 25.9. The lowest BCUT2D eigenvalue weighted by molar-refractivity contribution is 0.194. The number of benzene rings is 1.